The molecular weight excluding hydrogens is 412 g/mol. The Bertz CT molecular complexity index is 1230. The highest BCUT2D eigenvalue weighted by atomic mass is 16.7. The summed E-state index contributed by atoms with van der Waals surface area (Å²) in [6.45, 7) is 0.722. The molecule has 1 fully saturated rings. The first kappa shape index (κ1) is 19.8. The number of methoxy groups -OCH3 is 1. The zero-order valence-corrected chi connectivity index (χ0v) is 17.6. The Morgan fingerprint density at radius 2 is 1.81 bits per heavy atom. The normalized spacial score (nSPS) is 24.5. The van der Waals surface area contributed by atoms with Gasteiger partial charge in [-0.15, -0.1) is 0 Å². The van der Waals surface area contributed by atoms with E-state index in [4.69, 9.17) is 18.9 Å². The van der Waals surface area contributed by atoms with E-state index in [1.807, 2.05) is 24.3 Å². The predicted molar refractivity (Wildman–Crippen MR) is 115 cm³/mol. The minimum absolute atomic E-state index is 0.0138. The van der Waals surface area contributed by atoms with Gasteiger partial charge in [0.2, 0.25) is 5.79 Å². The number of hydrogen-bond acceptors (Lipinski definition) is 7. The van der Waals surface area contributed by atoms with Crippen molar-refractivity contribution in [2.24, 2.45) is 0 Å². The molecule has 6 rings (SSSR count). The highest BCUT2D eigenvalue weighted by Gasteiger charge is 2.64. The minimum Gasteiger partial charge on any atom is -0.507 e. The number of fused-ring (bicyclic) bond motifs is 5. The van der Waals surface area contributed by atoms with Crippen molar-refractivity contribution in [3.05, 3.63) is 64.7 Å². The van der Waals surface area contributed by atoms with Crippen LogP contribution < -0.4 is 9.47 Å². The Hall–Kier alpha value is -2.84. The molecule has 2 unspecified atom stereocenters. The largest absolute Gasteiger partial charge is 0.507 e. The van der Waals surface area contributed by atoms with Crippen LogP contribution in [0.3, 0.4) is 0 Å². The van der Waals surface area contributed by atoms with Crippen LogP contribution in [0, 0.1) is 0 Å². The maximum atomic E-state index is 12.1. The van der Waals surface area contributed by atoms with Crippen LogP contribution in [0.4, 0.5) is 0 Å². The molecule has 3 N–H and O–H groups in total. The molecule has 2 bridgehead atoms. The van der Waals surface area contributed by atoms with Gasteiger partial charge in [0.25, 0.3) is 0 Å². The first-order valence-corrected chi connectivity index (χ1v) is 10.8. The van der Waals surface area contributed by atoms with E-state index in [0.29, 0.717) is 52.2 Å². The number of phenols is 1. The average molecular weight is 436 g/mol. The second-order valence-electron chi connectivity index (χ2n) is 8.45. The smallest absolute Gasteiger partial charge is 0.202 e. The number of hydrogen-bond donors (Lipinski definition) is 3. The number of phenolic OH excluding ortho intramolecular Hbond substituents is 1. The Labute approximate surface area is 184 Å². The molecular formula is C25H24O7. The quantitative estimate of drug-likeness (QED) is 0.579. The number of benzene rings is 3. The van der Waals surface area contributed by atoms with Gasteiger partial charge in [0.05, 0.1) is 38.2 Å². The van der Waals surface area contributed by atoms with Gasteiger partial charge in [0.1, 0.15) is 29.5 Å². The van der Waals surface area contributed by atoms with Gasteiger partial charge in [0.15, 0.2) is 0 Å². The van der Waals surface area contributed by atoms with Gasteiger partial charge in [0, 0.05) is 22.1 Å². The van der Waals surface area contributed by atoms with Crippen molar-refractivity contribution >= 4 is 10.8 Å². The molecule has 2 atom stereocenters. The van der Waals surface area contributed by atoms with Crippen LogP contribution in [0.25, 0.3) is 10.8 Å². The van der Waals surface area contributed by atoms with Crippen molar-refractivity contribution in [1.29, 1.82) is 0 Å². The maximum absolute atomic E-state index is 12.1. The third kappa shape index (κ3) is 2.29. The number of aromatic hydroxyl groups is 1. The van der Waals surface area contributed by atoms with E-state index in [-0.39, 0.29) is 25.4 Å². The highest BCUT2D eigenvalue weighted by molar-refractivity contribution is 6.01. The predicted octanol–water partition coefficient (Wildman–Crippen LogP) is 2.86. The molecule has 1 spiro atoms. The molecule has 0 aromatic heterocycles. The fraction of sp³-hybridized carbons (Fsp3) is 0.360. The van der Waals surface area contributed by atoms with E-state index in [9.17, 15) is 15.3 Å². The summed E-state index contributed by atoms with van der Waals surface area (Å²) in [4.78, 5) is 0. The fourth-order valence-corrected chi connectivity index (χ4v) is 5.88. The van der Waals surface area contributed by atoms with E-state index >= 15 is 0 Å². The van der Waals surface area contributed by atoms with Gasteiger partial charge < -0.3 is 34.3 Å². The van der Waals surface area contributed by atoms with Crippen molar-refractivity contribution < 1.29 is 34.3 Å². The van der Waals surface area contributed by atoms with E-state index in [0.717, 1.165) is 5.56 Å². The summed E-state index contributed by atoms with van der Waals surface area (Å²) >= 11 is 0. The molecule has 2 aliphatic carbocycles. The first-order valence-electron chi connectivity index (χ1n) is 10.8. The van der Waals surface area contributed by atoms with Crippen molar-refractivity contribution in [3.8, 4) is 17.2 Å². The topological polar surface area (TPSA) is 97.6 Å². The van der Waals surface area contributed by atoms with E-state index in [2.05, 4.69) is 0 Å². The number of rotatable bonds is 4. The van der Waals surface area contributed by atoms with Crippen molar-refractivity contribution in [1.82, 2.24) is 0 Å². The summed E-state index contributed by atoms with van der Waals surface area (Å²) in [5.41, 5.74) is 1.02. The molecule has 166 valence electrons. The maximum Gasteiger partial charge on any atom is 0.202 e. The van der Waals surface area contributed by atoms with Crippen molar-refractivity contribution in [3.63, 3.8) is 0 Å². The van der Waals surface area contributed by atoms with Crippen LogP contribution in [0.5, 0.6) is 17.2 Å². The van der Waals surface area contributed by atoms with Crippen molar-refractivity contribution in [2.75, 3.05) is 33.5 Å². The van der Waals surface area contributed by atoms with Gasteiger partial charge in [-0.1, -0.05) is 36.4 Å². The van der Waals surface area contributed by atoms with Gasteiger partial charge in [-0.25, -0.2) is 0 Å². The summed E-state index contributed by atoms with van der Waals surface area (Å²) in [5, 5.41) is 34.2. The van der Waals surface area contributed by atoms with Gasteiger partial charge >= 0.3 is 0 Å². The van der Waals surface area contributed by atoms with Crippen LogP contribution in [-0.4, -0.2) is 48.9 Å². The second-order valence-corrected chi connectivity index (χ2v) is 8.45. The van der Waals surface area contributed by atoms with Crippen LogP contribution >= 0.6 is 0 Å². The molecule has 32 heavy (non-hydrogen) atoms. The molecule has 3 aromatic rings. The fourth-order valence-electron chi connectivity index (χ4n) is 5.88. The molecule has 7 nitrogen and oxygen atoms in total. The lowest BCUT2D eigenvalue weighted by Crippen LogP contribution is -2.42. The second kappa shape index (κ2) is 6.83. The molecule has 0 radical (unpaired) electrons. The van der Waals surface area contributed by atoms with E-state index < -0.39 is 17.3 Å². The molecule has 1 saturated heterocycles. The minimum atomic E-state index is -1.43. The zero-order valence-electron chi connectivity index (χ0n) is 17.6. The van der Waals surface area contributed by atoms with Crippen LogP contribution in [-0.2, 0) is 20.9 Å². The molecule has 7 heteroatoms. The Morgan fingerprint density at radius 3 is 2.53 bits per heavy atom. The molecule has 1 heterocycles. The van der Waals surface area contributed by atoms with Crippen LogP contribution in [0.15, 0.2) is 42.5 Å². The summed E-state index contributed by atoms with van der Waals surface area (Å²) in [5.74, 6) is -0.532. The number of aliphatic hydroxyl groups is 2. The van der Waals surface area contributed by atoms with Crippen molar-refractivity contribution in [2.45, 2.75) is 23.7 Å². The Kier molecular flexibility index (Phi) is 4.23. The van der Waals surface area contributed by atoms with Crippen LogP contribution in [0.2, 0.25) is 0 Å². The molecule has 3 aromatic carbocycles. The average Bonchev–Trinajstić information content (AvgIpc) is 3.41. The molecule has 0 saturated carbocycles. The first-order chi connectivity index (χ1) is 15.6. The van der Waals surface area contributed by atoms with Crippen LogP contribution in [0.1, 0.15) is 34.6 Å². The number of ether oxygens (including phenoxy) is 4. The molecule has 1 aliphatic heterocycles. The Morgan fingerprint density at radius 1 is 1.06 bits per heavy atom. The Balaban J connectivity index is 1.77. The summed E-state index contributed by atoms with van der Waals surface area (Å²) in [6.07, 6.45) is 0.279. The van der Waals surface area contributed by atoms with E-state index in [1.165, 1.54) is 0 Å². The SMILES string of the molecule is COc1cccc2c(O)c3c(c(OCCO)c12)C1CC3(O)c2ccccc2C12OCCO2. The summed E-state index contributed by atoms with van der Waals surface area (Å²) < 4.78 is 24.2. The number of aliphatic hydroxyl groups excluding tert-OH is 1. The highest BCUT2D eigenvalue weighted by Crippen LogP contribution is 2.68. The van der Waals surface area contributed by atoms with Gasteiger partial charge in [-0.05, 0) is 18.1 Å². The summed E-state index contributed by atoms with van der Waals surface area (Å²) in [6, 6.07) is 12.9. The van der Waals surface area contributed by atoms with Gasteiger partial charge in [-0.3, -0.25) is 0 Å². The third-order valence-corrected chi connectivity index (χ3v) is 7.00. The zero-order chi connectivity index (χ0) is 22.1. The van der Waals surface area contributed by atoms with Gasteiger partial charge in [-0.2, -0.15) is 0 Å². The monoisotopic (exact) mass is 436 g/mol. The molecule has 3 aliphatic rings. The third-order valence-electron chi connectivity index (χ3n) is 7.00. The summed E-state index contributed by atoms with van der Waals surface area (Å²) in [7, 11) is 1.56. The lowest BCUT2D eigenvalue weighted by atomic mass is 9.74. The lowest BCUT2D eigenvalue weighted by Gasteiger charge is -2.42. The lowest BCUT2D eigenvalue weighted by molar-refractivity contribution is -0.198. The van der Waals surface area contributed by atoms with E-state index in [1.54, 1.807) is 25.3 Å². The standard InChI is InChI=1S/C25H24O7/c1-29-18-8-4-5-14-19(18)23(30-10-9-26)20-17-13-24(28,21(20)22(14)27)15-6-2-3-7-16(15)25(17)31-11-12-32-25/h2-8,17,26-28H,9-13H2,1H3. The molecule has 0 amide bonds.